The molecule has 1 saturated heterocycles. The molecule has 1 saturated carbocycles. The van der Waals surface area contributed by atoms with Crippen LogP contribution in [0.3, 0.4) is 0 Å². The summed E-state index contributed by atoms with van der Waals surface area (Å²) >= 11 is 0. The third-order valence-electron chi connectivity index (χ3n) is 4.99. The summed E-state index contributed by atoms with van der Waals surface area (Å²) in [6.07, 6.45) is 9.18. The van der Waals surface area contributed by atoms with Gasteiger partial charge in [-0.1, -0.05) is 19.8 Å². The lowest BCUT2D eigenvalue weighted by Gasteiger charge is -2.39. The highest BCUT2D eigenvalue weighted by Gasteiger charge is 2.32. The van der Waals surface area contributed by atoms with Crippen LogP contribution in [0.2, 0.25) is 0 Å². The van der Waals surface area contributed by atoms with Crippen molar-refractivity contribution in [2.45, 2.75) is 69.2 Å². The SMILES string of the molecule is CCN(CC1CCCCN1)C1CCCC(S(C)(=O)=O)C1. The molecular formula is C15H30N2O2S. The van der Waals surface area contributed by atoms with Crippen molar-refractivity contribution in [3.8, 4) is 0 Å². The van der Waals surface area contributed by atoms with Gasteiger partial charge in [-0.3, -0.25) is 4.90 Å². The first-order chi connectivity index (χ1) is 9.50. The van der Waals surface area contributed by atoms with E-state index in [4.69, 9.17) is 0 Å². The topological polar surface area (TPSA) is 49.4 Å². The average molecular weight is 302 g/mol. The summed E-state index contributed by atoms with van der Waals surface area (Å²) in [5.41, 5.74) is 0. The van der Waals surface area contributed by atoms with Gasteiger partial charge in [0.25, 0.3) is 0 Å². The molecule has 2 fully saturated rings. The van der Waals surface area contributed by atoms with Crippen LogP contribution in [-0.2, 0) is 9.84 Å². The van der Waals surface area contributed by atoms with E-state index in [2.05, 4.69) is 17.1 Å². The molecule has 2 rings (SSSR count). The minimum atomic E-state index is -2.88. The van der Waals surface area contributed by atoms with Crippen molar-refractivity contribution in [1.82, 2.24) is 10.2 Å². The lowest BCUT2D eigenvalue weighted by atomic mass is 9.93. The summed E-state index contributed by atoms with van der Waals surface area (Å²) in [5, 5.41) is 3.49. The molecule has 1 aliphatic carbocycles. The van der Waals surface area contributed by atoms with Crippen molar-refractivity contribution >= 4 is 9.84 Å². The molecule has 3 atom stereocenters. The summed E-state index contributed by atoms with van der Waals surface area (Å²) in [4.78, 5) is 2.51. The second-order valence-electron chi connectivity index (χ2n) is 6.51. The van der Waals surface area contributed by atoms with Crippen molar-refractivity contribution in [1.29, 1.82) is 0 Å². The van der Waals surface area contributed by atoms with Crippen molar-refractivity contribution in [2.75, 3.05) is 25.9 Å². The molecule has 1 N–H and O–H groups in total. The molecular weight excluding hydrogens is 272 g/mol. The fraction of sp³-hybridized carbons (Fsp3) is 1.00. The predicted octanol–water partition coefficient (Wildman–Crippen LogP) is 1.81. The number of likely N-dealkylation sites (N-methyl/N-ethyl adjacent to an activating group) is 1. The van der Waals surface area contributed by atoms with Crippen LogP contribution in [0.1, 0.15) is 51.9 Å². The summed E-state index contributed by atoms with van der Waals surface area (Å²) in [6, 6.07) is 1.06. The van der Waals surface area contributed by atoms with Crippen LogP contribution in [0.4, 0.5) is 0 Å². The highest BCUT2D eigenvalue weighted by Crippen LogP contribution is 2.27. The Labute approximate surface area is 124 Å². The number of rotatable bonds is 5. The second-order valence-corrected chi connectivity index (χ2v) is 8.83. The number of nitrogens with one attached hydrogen (secondary N) is 1. The van der Waals surface area contributed by atoms with Crippen molar-refractivity contribution in [3.63, 3.8) is 0 Å². The Kier molecular flexibility index (Phi) is 5.87. The Balaban J connectivity index is 1.92. The van der Waals surface area contributed by atoms with Crippen LogP contribution in [0.5, 0.6) is 0 Å². The Morgan fingerprint density at radius 3 is 2.55 bits per heavy atom. The third kappa shape index (κ3) is 4.43. The first kappa shape index (κ1) is 16.2. The molecule has 1 aliphatic heterocycles. The largest absolute Gasteiger partial charge is 0.313 e. The minimum absolute atomic E-state index is 0.116. The third-order valence-corrected chi connectivity index (χ3v) is 6.63. The highest BCUT2D eigenvalue weighted by molar-refractivity contribution is 7.91. The lowest BCUT2D eigenvalue weighted by Crippen LogP contribution is -2.49. The van der Waals surface area contributed by atoms with Gasteiger partial charge in [0, 0.05) is 24.9 Å². The van der Waals surface area contributed by atoms with Crippen molar-refractivity contribution < 1.29 is 8.42 Å². The van der Waals surface area contributed by atoms with Crippen LogP contribution < -0.4 is 5.32 Å². The van der Waals surface area contributed by atoms with Gasteiger partial charge >= 0.3 is 0 Å². The Hall–Kier alpha value is -0.130. The molecule has 4 nitrogen and oxygen atoms in total. The van der Waals surface area contributed by atoms with E-state index in [0.717, 1.165) is 45.3 Å². The maximum absolute atomic E-state index is 11.8. The fourth-order valence-corrected chi connectivity index (χ4v) is 4.91. The second kappa shape index (κ2) is 7.23. The number of hydrogen-bond donors (Lipinski definition) is 1. The first-order valence-corrected chi connectivity index (χ1v) is 10.1. The fourth-order valence-electron chi connectivity index (χ4n) is 3.74. The minimum Gasteiger partial charge on any atom is -0.313 e. The molecule has 20 heavy (non-hydrogen) atoms. The van der Waals surface area contributed by atoms with E-state index < -0.39 is 9.84 Å². The lowest BCUT2D eigenvalue weighted by molar-refractivity contribution is 0.142. The van der Waals surface area contributed by atoms with E-state index in [1.165, 1.54) is 25.5 Å². The molecule has 0 aromatic carbocycles. The number of sulfone groups is 1. The summed E-state index contributed by atoms with van der Waals surface area (Å²) in [5.74, 6) is 0. The van der Waals surface area contributed by atoms with Gasteiger partial charge in [0.15, 0.2) is 0 Å². The van der Waals surface area contributed by atoms with Crippen LogP contribution >= 0.6 is 0 Å². The quantitative estimate of drug-likeness (QED) is 0.841. The van der Waals surface area contributed by atoms with E-state index >= 15 is 0 Å². The molecule has 0 aromatic heterocycles. The van der Waals surface area contributed by atoms with Gasteiger partial charge in [0.1, 0.15) is 9.84 Å². The highest BCUT2D eigenvalue weighted by atomic mass is 32.2. The summed E-state index contributed by atoms with van der Waals surface area (Å²) in [7, 11) is -2.88. The molecule has 0 spiro atoms. The molecule has 0 amide bonds. The van der Waals surface area contributed by atoms with Gasteiger partial charge in [0.2, 0.25) is 0 Å². The number of nitrogens with zero attached hydrogens (tertiary/aromatic N) is 1. The molecule has 1 heterocycles. The Morgan fingerprint density at radius 2 is 1.95 bits per heavy atom. The van der Waals surface area contributed by atoms with E-state index in [1.54, 1.807) is 0 Å². The molecule has 0 bridgehead atoms. The first-order valence-electron chi connectivity index (χ1n) is 8.17. The van der Waals surface area contributed by atoms with Gasteiger partial charge in [-0.15, -0.1) is 0 Å². The van der Waals surface area contributed by atoms with E-state index in [1.807, 2.05) is 0 Å². The summed E-state index contributed by atoms with van der Waals surface area (Å²) in [6.45, 7) is 5.45. The van der Waals surface area contributed by atoms with E-state index in [-0.39, 0.29) is 5.25 Å². The molecule has 3 unspecified atom stereocenters. The van der Waals surface area contributed by atoms with Crippen LogP contribution in [-0.4, -0.2) is 56.5 Å². The smallest absolute Gasteiger partial charge is 0.150 e. The molecule has 2 aliphatic rings. The standard InChI is InChI=1S/C15H30N2O2S/c1-3-17(12-13-7-4-5-10-16-13)14-8-6-9-15(11-14)20(2,18)19/h13-16H,3-12H2,1-2H3. The van der Waals surface area contributed by atoms with Gasteiger partial charge in [-0.05, 0) is 45.2 Å². The summed E-state index contributed by atoms with van der Waals surface area (Å²) < 4.78 is 23.6. The Morgan fingerprint density at radius 1 is 1.15 bits per heavy atom. The van der Waals surface area contributed by atoms with Gasteiger partial charge in [0.05, 0.1) is 5.25 Å². The zero-order valence-electron chi connectivity index (χ0n) is 13.0. The molecule has 0 radical (unpaired) electrons. The monoisotopic (exact) mass is 302 g/mol. The van der Waals surface area contributed by atoms with E-state index in [9.17, 15) is 8.42 Å². The van der Waals surface area contributed by atoms with Crippen molar-refractivity contribution in [3.05, 3.63) is 0 Å². The van der Waals surface area contributed by atoms with Crippen LogP contribution in [0.25, 0.3) is 0 Å². The maximum Gasteiger partial charge on any atom is 0.150 e. The molecule has 0 aromatic rings. The van der Waals surface area contributed by atoms with E-state index in [0.29, 0.717) is 12.1 Å². The maximum atomic E-state index is 11.8. The number of hydrogen-bond acceptors (Lipinski definition) is 4. The number of piperidine rings is 1. The predicted molar refractivity (Wildman–Crippen MR) is 83.8 cm³/mol. The van der Waals surface area contributed by atoms with Gasteiger partial charge in [-0.2, -0.15) is 0 Å². The average Bonchev–Trinajstić information content (AvgIpc) is 2.45. The van der Waals surface area contributed by atoms with Crippen molar-refractivity contribution in [2.24, 2.45) is 0 Å². The van der Waals surface area contributed by atoms with Crippen LogP contribution in [0, 0.1) is 0 Å². The normalized spacial score (nSPS) is 32.5. The molecule has 118 valence electrons. The van der Waals surface area contributed by atoms with Gasteiger partial charge < -0.3 is 5.32 Å². The zero-order chi connectivity index (χ0) is 14.6. The molecule has 5 heteroatoms. The van der Waals surface area contributed by atoms with Crippen LogP contribution in [0.15, 0.2) is 0 Å². The van der Waals surface area contributed by atoms with Gasteiger partial charge in [-0.25, -0.2) is 8.42 Å². The Bertz CT molecular complexity index is 391. The zero-order valence-corrected chi connectivity index (χ0v) is 13.8.